The Labute approximate surface area is 121 Å². The predicted molar refractivity (Wildman–Crippen MR) is 72.0 cm³/mol. The largest absolute Gasteiger partial charge is 0.416 e. The van der Waals surface area contributed by atoms with Crippen LogP contribution in [0.3, 0.4) is 0 Å². The average molecular weight is 320 g/mol. The summed E-state index contributed by atoms with van der Waals surface area (Å²) >= 11 is 5.87. The summed E-state index contributed by atoms with van der Waals surface area (Å²) in [5.74, 6) is 0. The van der Waals surface area contributed by atoms with Crippen molar-refractivity contribution in [2.45, 2.75) is 11.1 Å². The second-order valence-electron chi connectivity index (χ2n) is 4.03. The Hall–Kier alpha value is -1.40. The molecule has 1 aromatic carbocycles. The smallest absolute Gasteiger partial charge is 0.255 e. The molecule has 106 valence electrons. The molecule has 2 rings (SSSR count). The van der Waals surface area contributed by atoms with E-state index in [-0.39, 0.29) is 5.02 Å². The van der Waals surface area contributed by atoms with E-state index in [2.05, 4.69) is 4.98 Å². The molecule has 0 radical (unpaired) electrons. The first kappa shape index (κ1) is 15.0. The van der Waals surface area contributed by atoms with Crippen molar-refractivity contribution < 1.29 is 17.4 Å². The molecular weight excluding hydrogens is 311 g/mol. The van der Waals surface area contributed by atoms with Crippen LogP contribution in [0.25, 0.3) is 11.3 Å². The quantitative estimate of drug-likeness (QED) is 0.832. The molecule has 0 spiro atoms. The van der Waals surface area contributed by atoms with Crippen LogP contribution in [0.5, 0.6) is 0 Å². The number of hydrogen-bond donors (Lipinski definition) is 0. The lowest BCUT2D eigenvalue weighted by molar-refractivity contribution is -0.137. The van der Waals surface area contributed by atoms with E-state index in [4.69, 9.17) is 11.6 Å². The highest BCUT2D eigenvalue weighted by atomic mass is 35.5. The average Bonchev–Trinajstić information content (AvgIpc) is 2.37. The third-order valence-electron chi connectivity index (χ3n) is 2.64. The molecule has 0 fully saturated rings. The molecule has 0 saturated heterocycles. The normalized spacial score (nSPS) is 13.2. The summed E-state index contributed by atoms with van der Waals surface area (Å²) in [5.41, 5.74) is 0.0172. The maximum atomic E-state index is 12.5. The van der Waals surface area contributed by atoms with Crippen LogP contribution in [0.1, 0.15) is 5.56 Å². The first-order valence-corrected chi connectivity index (χ1v) is 7.39. The van der Waals surface area contributed by atoms with Gasteiger partial charge in [0.2, 0.25) is 0 Å². The van der Waals surface area contributed by atoms with Crippen molar-refractivity contribution in [3.8, 4) is 11.3 Å². The van der Waals surface area contributed by atoms with Crippen LogP contribution >= 0.6 is 11.6 Å². The van der Waals surface area contributed by atoms with Crippen molar-refractivity contribution in [1.29, 1.82) is 0 Å². The van der Waals surface area contributed by atoms with E-state index in [0.717, 1.165) is 12.1 Å². The molecule has 1 atom stereocenters. The molecule has 0 N–H and O–H groups in total. The molecule has 0 aliphatic rings. The zero-order valence-electron chi connectivity index (χ0n) is 10.2. The highest BCUT2D eigenvalue weighted by molar-refractivity contribution is 7.84. The van der Waals surface area contributed by atoms with Crippen LogP contribution in [0.2, 0.25) is 5.02 Å². The van der Waals surface area contributed by atoms with Crippen molar-refractivity contribution in [1.82, 2.24) is 4.98 Å². The Morgan fingerprint density at radius 2 is 1.90 bits per heavy atom. The van der Waals surface area contributed by atoms with Crippen molar-refractivity contribution in [2.24, 2.45) is 0 Å². The molecule has 20 heavy (non-hydrogen) atoms. The Morgan fingerprint density at radius 3 is 2.35 bits per heavy atom. The van der Waals surface area contributed by atoms with Gasteiger partial charge in [-0.15, -0.1) is 0 Å². The van der Waals surface area contributed by atoms with E-state index in [0.29, 0.717) is 16.2 Å². The summed E-state index contributed by atoms with van der Waals surface area (Å²) in [6.45, 7) is 0. The van der Waals surface area contributed by atoms with Crippen LogP contribution in [-0.2, 0) is 17.0 Å². The Kier molecular flexibility index (Phi) is 4.15. The number of halogens is 4. The van der Waals surface area contributed by atoms with Crippen molar-refractivity contribution >= 4 is 22.4 Å². The van der Waals surface area contributed by atoms with E-state index in [1.54, 1.807) is 12.1 Å². The summed E-state index contributed by atoms with van der Waals surface area (Å²) in [6.07, 6.45) is -1.50. The van der Waals surface area contributed by atoms with Gasteiger partial charge in [-0.2, -0.15) is 13.2 Å². The van der Waals surface area contributed by atoms with Gasteiger partial charge in [0.1, 0.15) is 0 Å². The zero-order chi connectivity index (χ0) is 14.9. The van der Waals surface area contributed by atoms with Gasteiger partial charge >= 0.3 is 6.18 Å². The van der Waals surface area contributed by atoms with E-state index in [1.165, 1.54) is 18.5 Å². The van der Waals surface area contributed by atoms with Crippen LogP contribution in [0, 0.1) is 0 Å². The number of pyridine rings is 1. The second-order valence-corrected chi connectivity index (χ2v) is 5.81. The fourth-order valence-corrected chi connectivity index (χ4v) is 2.35. The van der Waals surface area contributed by atoms with Crippen molar-refractivity contribution in [2.75, 3.05) is 6.26 Å². The highest BCUT2D eigenvalue weighted by Crippen LogP contribution is 2.35. The molecule has 0 amide bonds. The summed E-state index contributed by atoms with van der Waals surface area (Å²) in [6, 6.07) is 6.27. The van der Waals surface area contributed by atoms with Crippen LogP contribution in [-0.4, -0.2) is 15.4 Å². The predicted octanol–water partition coefficient (Wildman–Crippen LogP) is 4.16. The lowest BCUT2D eigenvalue weighted by Crippen LogP contribution is -2.04. The maximum Gasteiger partial charge on any atom is 0.416 e. The number of aromatic nitrogens is 1. The molecule has 1 heterocycles. The molecular formula is C13H9ClF3NOS. The molecule has 0 aliphatic carbocycles. The summed E-state index contributed by atoms with van der Waals surface area (Å²) in [4.78, 5) is 4.60. The van der Waals surface area contributed by atoms with Gasteiger partial charge in [0, 0.05) is 18.0 Å². The van der Waals surface area contributed by atoms with Crippen LogP contribution in [0.4, 0.5) is 13.2 Å². The molecule has 2 aromatic rings. The SMILES string of the molecule is CS(=O)c1ccc(-c2ccc(C(F)(F)F)cc2Cl)nc1. The third kappa shape index (κ3) is 3.19. The number of rotatable bonds is 2. The van der Waals surface area contributed by atoms with E-state index in [9.17, 15) is 17.4 Å². The summed E-state index contributed by atoms with van der Waals surface area (Å²) in [5, 5.41) is -0.0299. The van der Waals surface area contributed by atoms with Gasteiger partial charge in [-0.05, 0) is 24.3 Å². The second kappa shape index (κ2) is 5.54. The van der Waals surface area contributed by atoms with E-state index in [1.807, 2.05) is 0 Å². The molecule has 0 aliphatic heterocycles. The number of benzene rings is 1. The molecule has 0 saturated carbocycles. The molecule has 2 nitrogen and oxygen atoms in total. The monoisotopic (exact) mass is 319 g/mol. The molecule has 7 heteroatoms. The molecule has 1 unspecified atom stereocenters. The van der Waals surface area contributed by atoms with Crippen molar-refractivity contribution in [3.63, 3.8) is 0 Å². The van der Waals surface area contributed by atoms with Gasteiger partial charge < -0.3 is 0 Å². The van der Waals surface area contributed by atoms with Crippen LogP contribution in [0.15, 0.2) is 41.4 Å². The van der Waals surface area contributed by atoms with Gasteiger partial charge in [0.25, 0.3) is 0 Å². The highest BCUT2D eigenvalue weighted by Gasteiger charge is 2.31. The zero-order valence-corrected chi connectivity index (χ0v) is 11.8. The van der Waals surface area contributed by atoms with Gasteiger partial charge in [-0.25, -0.2) is 0 Å². The standard InChI is InChI=1S/C13H9ClF3NOS/c1-20(19)9-3-5-12(18-7-9)10-4-2-8(6-11(10)14)13(15,16)17/h2-7H,1H3. The summed E-state index contributed by atoms with van der Waals surface area (Å²) < 4.78 is 48.8. The molecule has 0 bridgehead atoms. The van der Waals surface area contributed by atoms with Crippen molar-refractivity contribution in [3.05, 3.63) is 47.1 Å². The fourth-order valence-electron chi connectivity index (χ4n) is 1.61. The minimum Gasteiger partial charge on any atom is -0.255 e. The van der Waals surface area contributed by atoms with Gasteiger partial charge in [0.05, 0.1) is 32.0 Å². The molecule has 1 aromatic heterocycles. The van der Waals surface area contributed by atoms with Gasteiger partial charge in [0.15, 0.2) is 0 Å². The Bertz CT molecular complexity index is 656. The first-order chi connectivity index (χ1) is 9.29. The summed E-state index contributed by atoms with van der Waals surface area (Å²) in [7, 11) is -1.16. The number of alkyl halides is 3. The Morgan fingerprint density at radius 1 is 1.20 bits per heavy atom. The van der Waals surface area contributed by atoms with E-state index < -0.39 is 22.5 Å². The lowest BCUT2D eigenvalue weighted by atomic mass is 10.1. The first-order valence-electron chi connectivity index (χ1n) is 5.45. The van der Waals surface area contributed by atoms with Gasteiger partial charge in [-0.1, -0.05) is 17.7 Å². The van der Waals surface area contributed by atoms with E-state index >= 15 is 0 Å². The van der Waals surface area contributed by atoms with Crippen LogP contribution < -0.4 is 0 Å². The maximum absolute atomic E-state index is 12.5. The minimum absolute atomic E-state index is 0.0299. The topological polar surface area (TPSA) is 30.0 Å². The third-order valence-corrected chi connectivity index (χ3v) is 3.86. The Balaban J connectivity index is 2.41. The fraction of sp³-hybridized carbons (Fsp3) is 0.154. The number of hydrogen-bond acceptors (Lipinski definition) is 2. The number of nitrogens with zero attached hydrogens (tertiary/aromatic N) is 1. The van der Waals surface area contributed by atoms with Gasteiger partial charge in [-0.3, -0.25) is 9.19 Å². The minimum atomic E-state index is -4.43. The lowest BCUT2D eigenvalue weighted by Gasteiger charge is -2.09.